The van der Waals surface area contributed by atoms with Crippen molar-refractivity contribution in [3.8, 4) is 0 Å². The smallest absolute Gasteiger partial charge is 0.411 e. The summed E-state index contributed by atoms with van der Waals surface area (Å²) >= 11 is 0. The molecule has 1 aliphatic heterocycles. The second kappa shape index (κ2) is 7.03. The van der Waals surface area contributed by atoms with Gasteiger partial charge in [0.1, 0.15) is 11.8 Å². The first kappa shape index (κ1) is 17.5. The van der Waals surface area contributed by atoms with Crippen LogP contribution in [0.15, 0.2) is 73.3 Å². The predicted molar refractivity (Wildman–Crippen MR) is 103 cm³/mol. The second-order valence-electron chi connectivity index (χ2n) is 7.34. The first-order valence-electron chi connectivity index (χ1n) is 9.36. The van der Waals surface area contributed by atoms with E-state index in [1.54, 1.807) is 11.0 Å². The van der Waals surface area contributed by atoms with Crippen molar-refractivity contribution in [3.63, 3.8) is 0 Å². The first-order chi connectivity index (χ1) is 13.1. The Labute approximate surface area is 159 Å². The molecule has 2 aromatic rings. The number of ketones is 1. The predicted octanol–water partition coefficient (Wildman–Crippen LogP) is 4.70. The molecule has 27 heavy (non-hydrogen) atoms. The van der Waals surface area contributed by atoms with Crippen molar-refractivity contribution >= 4 is 11.9 Å². The number of benzene rings is 2. The van der Waals surface area contributed by atoms with Crippen LogP contribution in [0.4, 0.5) is 4.79 Å². The Kier molecular flexibility index (Phi) is 4.56. The van der Waals surface area contributed by atoms with Crippen molar-refractivity contribution < 1.29 is 14.3 Å². The van der Waals surface area contributed by atoms with Crippen LogP contribution < -0.4 is 0 Å². The SMILES string of the molecule is C=CC1C(=O)C[C@H](N2C(=O)O[C@@H](c3ccccc3)[C@H]2c2ccccc2)[C@H]1C. The Morgan fingerprint density at radius 3 is 2.15 bits per heavy atom. The summed E-state index contributed by atoms with van der Waals surface area (Å²) in [6.07, 6.45) is 1.30. The third-order valence-electron chi connectivity index (χ3n) is 5.86. The average molecular weight is 361 g/mol. The fourth-order valence-corrected chi connectivity index (χ4v) is 4.47. The van der Waals surface area contributed by atoms with E-state index in [1.807, 2.05) is 67.6 Å². The number of hydrogen-bond acceptors (Lipinski definition) is 3. The number of nitrogens with zero attached hydrogens (tertiary/aromatic N) is 1. The molecule has 4 heteroatoms. The fraction of sp³-hybridized carbons (Fsp3) is 0.304. The molecule has 1 saturated heterocycles. The van der Waals surface area contributed by atoms with Gasteiger partial charge in [0.2, 0.25) is 0 Å². The molecule has 2 aromatic carbocycles. The van der Waals surface area contributed by atoms with Gasteiger partial charge in [-0.2, -0.15) is 0 Å². The van der Waals surface area contributed by atoms with Crippen LogP contribution in [0.3, 0.4) is 0 Å². The number of rotatable bonds is 4. The number of ether oxygens (including phenoxy) is 1. The molecule has 5 atom stereocenters. The zero-order chi connectivity index (χ0) is 19.0. The average Bonchev–Trinajstić information content (AvgIpc) is 3.18. The zero-order valence-electron chi connectivity index (χ0n) is 15.3. The minimum Gasteiger partial charge on any atom is -0.439 e. The summed E-state index contributed by atoms with van der Waals surface area (Å²) in [5, 5.41) is 0. The van der Waals surface area contributed by atoms with Gasteiger partial charge in [0, 0.05) is 18.4 Å². The molecule has 4 rings (SSSR count). The Balaban J connectivity index is 1.77. The van der Waals surface area contributed by atoms with E-state index in [1.165, 1.54) is 0 Å². The van der Waals surface area contributed by atoms with E-state index in [2.05, 4.69) is 6.58 Å². The lowest BCUT2D eigenvalue weighted by atomic mass is 9.91. The zero-order valence-corrected chi connectivity index (χ0v) is 15.3. The van der Waals surface area contributed by atoms with Crippen LogP contribution in [0.5, 0.6) is 0 Å². The van der Waals surface area contributed by atoms with E-state index >= 15 is 0 Å². The molecule has 138 valence electrons. The third-order valence-corrected chi connectivity index (χ3v) is 5.86. The Morgan fingerprint density at radius 2 is 1.59 bits per heavy atom. The maximum absolute atomic E-state index is 12.9. The fourth-order valence-electron chi connectivity index (χ4n) is 4.47. The van der Waals surface area contributed by atoms with Crippen molar-refractivity contribution in [2.75, 3.05) is 0 Å². The first-order valence-corrected chi connectivity index (χ1v) is 9.36. The molecular formula is C23H23NO3. The summed E-state index contributed by atoms with van der Waals surface area (Å²) in [7, 11) is 0. The lowest BCUT2D eigenvalue weighted by molar-refractivity contribution is -0.119. The van der Waals surface area contributed by atoms with E-state index in [0.29, 0.717) is 6.42 Å². The molecule has 1 unspecified atom stereocenters. The Bertz CT molecular complexity index is 848. The van der Waals surface area contributed by atoms with Gasteiger partial charge < -0.3 is 4.74 Å². The molecule has 0 bridgehead atoms. The van der Waals surface area contributed by atoms with Gasteiger partial charge >= 0.3 is 6.09 Å². The molecule has 0 radical (unpaired) electrons. The van der Waals surface area contributed by atoms with Crippen LogP contribution >= 0.6 is 0 Å². The summed E-state index contributed by atoms with van der Waals surface area (Å²) in [5.74, 6) is -0.0523. The largest absolute Gasteiger partial charge is 0.439 e. The highest BCUT2D eigenvalue weighted by Gasteiger charge is 2.52. The number of carbonyl (C=O) groups excluding carboxylic acids is 2. The summed E-state index contributed by atoms with van der Waals surface area (Å²) in [4.78, 5) is 27.2. The second-order valence-corrected chi connectivity index (χ2v) is 7.34. The number of amides is 1. The maximum Gasteiger partial charge on any atom is 0.411 e. The molecule has 0 N–H and O–H groups in total. The van der Waals surface area contributed by atoms with E-state index in [-0.39, 0.29) is 35.8 Å². The Morgan fingerprint density at radius 1 is 1.00 bits per heavy atom. The summed E-state index contributed by atoms with van der Waals surface area (Å²) in [5.41, 5.74) is 1.97. The lowest BCUT2D eigenvalue weighted by Gasteiger charge is -2.32. The molecule has 2 fully saturated rings. The number of hydrogen-bond donors (Lipinski definition) is 0. The van der Waals surface area contributed by atoms with Gasteiger partial charge in [-0.15, -0.1) is 6.58 Å². The number of cyclic esters (lactones) is 1. The van der Waals surface area contributed by atoms with Gasteiger partial charge in [0.05, 0.1) is 0 Å². The van der Waals surface area contributed by atoms with E-state index < -0.39 is 6.10 Å². The molecule has 4 nitrogen and oxygen atoms in total. The quantitative estimate of drug-likeness (QED) is 0.742. The minimum absolute atomic E-state index is 0.0169. The number of carbonyl (C=O) groups is 2. The van der Waals surface area contributed by atoms with Crippen LogP contribution in [-0.2, 0) is 9.53 Å². The summed E-state index contributed by atoms with van der Waals surface area (Å²) < 4.78 is 5.84. The van der Waals surface area contributed by atoms with Crippen molar-refractivity contribution in [3.05, 3.63) is 84.4 Å². The lowest BCUT2D eigenvalue weighted by Crippen LogP contribution is -2.40. The minimum atomic E-state index is -0.397. The molecule has 2 aliphatic rings. The van der Waals surface area contributed by atoms with Gasteiger partial charge in [-0.3, -0.25) is 9.69 Å². The third kappa shape index (κ3) is 2.95. The van der Waals surface area contributed by atoms with Crippen LogP contribution in [0.2, 0.25) is 0 Å². The standard InChI is InChI=1S/C23H23NO3/c1-3-18-15(2)19(14-20(18)25)24-21(16-10-6-4-7-11-16)22(27-23(24)26)17-12-8-5-9-13-17/h3-13,15,18-19,21-22H,1,14H2,2H3/t15-,18?,19-,21+,22-/m0/s1. The van der Waals surface area contributed by atoms with Gasteiger partial charge in [-0.1, -0.05) is 73.7 Å². The van der Waals surface area contributed by atoms with Crippen molar-refractivity contribution in [1.29, 1.82) is 0 Å². The van der Waals surface area contributed by atoms with Crippen molar-refractivity contribution in [1.82, 2.24) is 4.90 Å². The van der Waals surface area contributed by atoms with E-state index in [9.17, 15) is 9.59 Å². The highest BCUT2D eigenvalue weighted by atomic mass is 16.6. The molecule has 0 spiro atoms. The van der Waals surface area contributed by atoms with Crippen molar-refractivity contribution in [2.24, 2.45) is 11.8 Å². The molecule has 1 aliphatic carbocycles. The number of Topliss-reactive ketones (excluding diaryl/α,β-unsaturated/α-hetero) is 1. The van der Waals surface area contributed by atoms with Gasteiger partial charge in [-0.25, -0.2) is 4.79 Å². The summed E-state index contributed by atoms with van der Waals surface area (Å²) in [6, 6.07) is 19.3. The van der Waals surface area contributed by atoms with Crippen LogP contribution in [0, 0.1) is 11.8 Å². The normalized spacial score (nSPS) is 30.4. The summed E-state index contributed by atoms with van der Waals surface area (Å²) in [6.45, 7) is 5.83. The monoisotopic (exact) mass is 361 g/mol. The maximum atomic E-state index is 12.9. The molecule has 1 saturated carbocycles. The van der Waals surface area contributed by atoms with Crippen molar-refractivity contribution in [2.45, 2.75) is 31.5 Å². The van der Waals surface area contributed by atoms with Gasteiger partial charge in [0.15, 0.2) is 6.10 Å². The molecule has 1 heterocycles. The molecular weight excluding hydrogens is 338 g/mol. The molecule has 0 aromatic heterocycles. The van der Waals surface area contributed by atoms with Crippen LogP contribution in [0.1, 0.15) is 36.6 Å². The highest BCUT2D eigenvalue weighted by molar-refractivity contribution is 5.87. The van der Waals surface area contributed by atoms with Crippen LogP contribution in [0.25, 0.3) is 0 Å². The number of allylic oxidation sites excluding steroid dienone is 1. The van der Waals surface area contributed by atoms with Crippen LogP contribution in [-0.4, -0.2) is 22.8 Å². The molecule has 1 amide bonds. The van der Waals surface area contributed by atoms with Gasteiger partial charge in [0.25, 0.3) is 0 Å². The van der Waals surface area contributed by atoms with Gasteiger partial charge in [-0.05, 0) is 17.0 Å². The van der Waals surface area contributed by atoms with E-state index in [0.717, 1.165) is 11.1 Å². The Hall–Kier alpha value is -2.88. The topological polar surface area (TPSA) is 46.6 Å². The highest BCUT2D eigenvalue weighted by Crippen LogP contribution is 2.47. The van der Waals surface area contributed by atoms with E-state index in [4.69, 9.17) is 4.74 Å².